The molecule has 2 aromatic rings. The van der Waals surface area contributed by atoms with Crippen molar-refractivity contribution in [2.24, 2.45) is 11.8 Å². The first-order chi connectivity index (χ1) is 16.0. The minimum Gasteiger partial charge on any atom is -0.483 e. The van der Waals surface area contributed by atoms with Crippen molar-refractivity contribution in [1.29, 1.82) is 0 Å². The number of nitrogens with zero attached hydrogens (tertiary/aromatic N) is 4. The second kappa shape index (κ2) is 12.9. The molecule has 2 fully saturated rings. The third-order valence-corrected chi connectivity index (χ3v) is 5.63. The largest absolute Gasteiger partial charge is 0.483 e. The molecular formula is C22H27FN4O6. The van der Waals surface area contributed by atoms with Crippen LogP contribution < -0.4 is 9.64 Å². The number of ether oxygens (including phenoxy) is 1. The van der Waals surface area contributed by atoms with E-state index in [1.54, 1.807) is 37.7 Å². The van der Waals surface area contributed by atoms with Gasteiger partial charge in [0, 0.05) is 44.6 Å². The molecule has 4 heterocycles. The van der Waals surface area contributed by atoms with Gasteiger partial charge in [0.25, 0.3) is 18.9 Å². The fraction of sp³-hybridized carbons (Fsp3) is 0.409. The summed E-state index contributed by atoms with van der Waals surface area (Å²) in [6.45, 7) is 2.52. The lowest BCUT2D eigenvalue weighted by Crippen LogP contribution is -2.31. The molecule has 0 saturated carbocycles. The second-order valence-corrected chi connectivity index (χ2v) is 7.40. The number of amides is 1. The van der Waals surface area contributed by atoms with Gasteiger partial charge >= 0.3 is 0 Å². The Balaban J connectivity index is 0.000000582. The molecule has 2 aliphatic heterocycles. The zero-order chi connectivity index (χ0) is 24.2. The topological polar surface area (TPSA) is 133 Å². The number of anilines is 1. The van der Waals surface area contributed by atoms with Crippen LogP contribution in [0.4, 0.5) is 10.2 Å². The molecular weight excluding hydrogens is 435 g/mol. The SMILES string of the molecule is COc1ccc(C(=O)N2C[C@H]3CCN(c4ncccc4F)CC[C@H]3C2)cn1.O=CO.O=CO. The van der Waals surface area contributed by atoms with Crippen molar-refractivity contribution in [3.05, 3.63) is 48.0 Å². The van der Waals surface area contributed by atoms with E-state index in [0.29, 0.717) is 29.1 Å². The Morgan fingerprint density at radius 2 is 1.70 bits per heavy atom. The third kappa shape index (κ3) is 6.86. The van der Waals surface area contributed by atoms with Gasteiger partial charge in [0.05, 0.1) is 12.7 Å². The standard InChI is InChI=1S/C20H23FN4O2.2CH2O2/c1-27-18-5-4-14(11-23-18)20(26)25-12-15-6-9-24(10-7-16(15)13-25)19-17(21)3-2-8-22-19;2*2-1-3/h2-5,8,11,15-16H,6-7,9-10,12-13H2,1H3;2*1H,(H,2,3)/t15-,16+;;. The molecule has 2 saturated heterocycles. The molecule has 0 radical (unpaired) electrons. The Hall–Kier alpha value is -3.76. The molecule has 2 atom stereocenters. The summed E-state index contributed by atoms with van der Waals surface area (Å²) in [6, 6.07) is 6.54. The van der Waals surface area contributed by atoms with E-state index in [2.05, 4.69) is 9.97 Å². The van der Waals surface area contributed by atoms with Gasteiger partial charge in [-0.15, -0.1) is 0 Å². The van der Waals surface area contributed by atoms with E-state index in [-0.39, 0.29) is 24.7 Å². The van der Waals surface area contributed by atoms with Crippen molar-refractivity contribution in [3.8, 4) is 5.88 Å². The highest BCUT2D eigenvalue weighted by Gasteiger charge is 2.37. The Morgan fingerprint density at radius 1 is 1.09 bits per heavy atom. The number of hydrogen-bond acceptors (Lipinski definition) is 7. The smallest absolute Gasteiger partial charge is 0.290 e. The predicted molar refractivity (Wildman–Crippen MR) is 117 cm³/mol. The van der Waals surface area contributed by atoms with Crippen molar-refractivity contribution in [1.82, 2.24) is 14.9 Å². The first-order valence-corrected chi connectivity index (χ1v) is 10.3. The number of carbonyl (C=O) groups is 3. The molecule has 4 rings (SSSR count). The summed E-state index contributed by atoms with van der Waals surface area (Å²) < 4.78 is 19.1. The molecule has 11 heteroatoms. The Labute approximate surface area is 190 Å². The molecule has 33 heavy (non-hydrogen) atoms. The van der Waals surface area contributed by atoms with Crippen LogP contribution in [0, 0.1) is 17.7 Å². The minimum absolute atomic E-state index is 0.0193. The number of rotatable bonds is 3. The van der Waals surface area contributed by atoms with Gasteiger partial charge in [0.2, 0.25) is 5.88 Å². The predicted octanol–water partition coefficient (Wildman–Crippen LogP) is 2.01. The maximum absolute atomic E-state index is 14.0. The number of methoxy groups -OCH3 is 1. The summed E-state index contributed by atoms with van der Waals surface area (Å²) in [5, 5.41) is 13.8. The van der Waals surface area contributed by atoms with Gasteiger partial charge in [-0.05, 0) is 42.9 Å². The van der Waals surface area contributed by atoms with E-state index < -0.39 is 0 Å². The number of aromatic nitrogens is 2. The maximum Gasteiger partial charge on any atom is 0.290 e. The van der Waals surface area contributed by atoms with Crippen LogP contribution in [0.25, 0.3) is 0 Å². The number of hydrogen-bond donors (Lipinski definition) is 2. The Bertz CT molecular complexity index is 892. The van der Waals surface area contributed by atoms with Crippen LogP contribution in [-0.4, -0.2) is 77.2 Å². The zero-order valence-corrected chi connectivity index (χ0v) is 18.2. The number of pyridine rings is 2. The van der Waals surface area contributed by atoms with E-state index in [1.807, 2.05) is 9.80 Å². The maximum atomic E-state index is 14.0. The monoisotopic (exact) mass is 462 g/mol. The molecule has 2 aliphatic rings. The lowest BCUT2D eigenvalue weighted by molar-refractivity contribution is -0.123. The van der Waals surface area contributed by atoms with Gasteiger partial charge < -0.3 is 24.7 Å². The summed E-state index contributed by atoms with van der Waals surface area (Å²) in [6.07, 6.45) is 5.07. The van der Waals surface area contributed by atoms with Crippen molar-refractivity contribution in [2.75, 3.05) is 38.2 Å². The van der Waals surface area contributed by atoms with Crippen molar-refractivity contribution in [2.45, 2.75) is 12.8 Å². The van der Waals surface area contributed by atoms with E-state index in [1.165, 1.54) is 6.07 Å². The summed E-state index contributed by atoms with van der Waals surface area (Å²) in [7, 11) is 1.55. The van der Waals surface area contributed by atoms with Crippen molar-refractivity contribution < 1.29 is 33.7 Å². The first-order valence-electron chi connectivity index (χ1n) is 10.3. The van der Waals surface area contributed by atoms with Crippen LogP contribution in [-0.2, 0) is 9.59 Å². The molecule has 1 amide bonds. The van der Waals surface area contributed by atoms with Gasteiger partial charge in [-0.1, -0.05) is 0 Å². The molecule has 2 N–H and O–H groups in total. The lowest BCUT2D eigenvalue weighted by atomic mass is 9.92. The molecule has 0 aromatic carbocycles. The molecule has 0 spiro atoms. The summed E-state index contributed by atoms with van der Waals surface area (Å²) >= 11 is 0. The number of carbonyl (C=O) groups excluding carboxylic acids is 1. The van der Waals surface area contributed by atoms with E-state index >= 15 is 0 Å². The third-order valence-electron chi connectivity index (χ3n) is 5.63. The van der Waals surface area contributed by atoms with E-state index in [4.69, 9.17) is 24.5 Å². The quantitative estimate of drug-likeness (QED) is 0.657. The van der Waals surface area contributed by atoms with Crippen LogP contribution in [0.2, 0.25) is 0 Å². The first kappa shape index (κ1) is 25.5. The number of carboxylic acid groups (broad SMARTS) is 2. The molecule has 10 nitrogen and oxygen atoms in total. The lowest BCUT2D eigenvalue weighted by Gasteiger charge is -2.23. The summed E-state index contributed by atoms with van der Waals surface area (Å²) in [4.78, 5) is 41.8. The highest BCUT2D eigenvalue weighted by Crippen LogP contribution is 2.34. The average molecular weight is 462 g/mol. The van der Waals surface area contributed by atoms with Gasteiger partial charge in [-0.2, -0.15) is 0 Å². The average Bonchev–Trinajstić information content (AvgIpc) is 3.13. The number of fused-ring (bicyclic) bond motifs is 1. The molecule has 0 bridgehead atoms. The van der Waals surface area contributed by atoms with Gasteiger partial charge in [0.1, 0.15) is 0 Å². The molecule has 0 aliphatic carbocycles. The van der Waals surface area contributed by atoms with E-state index in [0.717, 1.165) is 39.0 Å². The second-order valence-electron chi connectivity index (χ2n) is 7.40. The fourth-order valence-electron chi connectivity index (χ4n) is 4.15. The normalized spacial score (nSPS) is 19.0. The molecule has 178 valence electrons. The van der Waals surface area contributed by atoms with Crippen LogP contribution in [0.1, 0.15) is 23.2 Å². The zero-order valence-electron chi connectivity index (χ0n) is 18.2. The fourth-order valence-corrected chi connectivity index (χ4v) is 4.15. The van der Waals surface area contributed by atoms with Gasteiger partial charge in [0.15, 0.2) is 11.6 Å². The summed E-state index contributed by atoms with van der Waals surface area (Å²) in [5.74, 6) is 1.57. The highest BCUT2D eigenvalue weighted by atomic mass is 19.1. The Morgan fingerprint density at radius 3 is 2.18 bits per heavy atom. The minimum atomic E-state index is -0.270. The van der Waals surface area contributed by atoms with E-state index in [9.17, 15) is 9.18 Å². The summed E-state index contributed by atoms with van der Waals surface area (Å²) in [5.41, 5.74) is 0.587. The highest BCUT2D eigenvalue weighted by molar-refractivity contribution is 5.94. The van der Waals surface area contributed by atoms with Crippen LogP contribution in [0.3, 0.4) is 0 Å². The molecule has 0 unspecified atom stereocenters. The van der Waals surface area contributed by atoms with Crippen LogP contribution in [0.5, 0.6) is 5.88 Å². The molecule has 2 aromatic heterocycles. The van der Waals surface area contributed by atoms with Crippen molar-refractivity contribution in [3.63, 3.8) is 0 Å². The van der Waals surface area contributed by atoms with Crippen molar-refractivity contribution >= 4 is 24.7 Å². The Kier molecular flexibility index (Phi) is 10.00. The number of halogens is 1. The number of likely N-dealkylation sites (tertiary alicyclic amines) is 1. The van der Waals surface area contributed by atoms with Crippen LogP contribution in [0.15, 0.2) is 36.7 Å². The van der Waals surface area contributed by atoms with Gasteiger partial charge in [-0.3, -0.25) is 14.4 Å². The van der Waals surface area contributed by atoms with Crippen LogP contribution >= 0.6 is 0 Å². The van der Waals surface area contributed by atoms with Gasteiger partial charge in [-0.25, -0.2) is 14.4 Å².